The molecule has 0 unspecified atom stereocenters. The number of aromatic nitrogens is 3. The van der Waals surface area contributed by atoms with E-state index in [1.54, 1.807) is 12.1 Å². The van der Waals surface area contributed by atoms with Gasteiger partial charge in [-0.15, -0.1) is 13.2 Å². The molecular formula is C27H43F3N6O3. The Morgan fingerprint density at radius 3 is 2.03 bits per heavy atom. The third-order valence-corrected chi connectivity index (χ3v) is 5.71. The van der Waals surface area contributed by atoms with Crippen molar-refractivity contribution in [2.45, 2.75) is 77.6 Å². The van der Waals surface area contributed by atoms with Crippen LogP contribution in [0.15, 0.2) is 24.3 Å². The summed E-state index contributed by atoms with van der Waals surface area (Å²) < 4.78 is 51.9. The number of halogens is 3. The highest BCUT2D eigenvalue weighted by Crippen LogP contribution is 2.23. The number of anilines is 2. The number of rotatable bonds is 22. The van der Waals surface area contributed by atoms with Crippen LogP contribution in [0.1, 0.15) is 69.7 Å². The van der Waals surface area contributed by atoms with Crippen LogP contribution >= 0.6 is 0 Å². The van der Waals surface area contributed by atoms with Gasteiger partial charge in [-0.2, -0.15) is 15.0 Å². The van der Waals surface area contributed by atoms with E-state index in [-0.39, 0.29) is 5.75 Å². The van der Waals surface area contributed by atoms with Gasteiger partial charge in [-0.1, -0.05) is 64.0 Å². The van der Waals surface area contributed by atoms with Crippen molar-refractivity contribution < 1.29 is 27.4 Å². The number of unbranched alkanes of at least 4 members (excludes halogenated alkanes) is 7. The molecule has 1 aromatic heterocycles. The first-order valence-electron chi connectivity index (χ1n) is 13.8. The van der Waals surface area contributed by atoms with Crippen LogP contribution in [-0.4, -0.2) is 60.8 Å². The lowest BCUT2D eigenvalue weighted by molar-refractivity contribution is -0.274. The summed E-state index contributed by atoms with van der Waals surface area (Å²) in [4.78, 5) is 13.6. The topological polar surface area (TPSA) is 116 Å². The first-order chi connectivity index (χ1) is 18.9. The second-order valence-corrected chi connectivity index (χ2v) is 9.11. The quantitative estimate of drug-likeness (QED) is 0.162. The number of nitrogens with two attached hydrogens (primary N) is 1. The number of alkyl halides is 3. The molecule has 1 aromatic carbocycles. The fourth-order valence-electron chi connectivity index (χ4n) is 3.74. The number of hydrogen-bond donors (Lipinski definition) is 3. The predicted octanol–water partition coefficient (Wildman–Crippen LogP) is 5.47. The average Bonchev–Trinajstić information content (AvgIpc) is 2.90. The van der Waals surface area contributed by atoms with Gasteiger partial charge in [0.1, 0.15) is 11.6 Å². The molecule has 0 fully saturated rings. The van der Waals surface area contributed by atoms with Gasteiger partial charge in [-0.3, -0.25) is 0 Å². The van der Waals surface area contributed by atoms with Crippen LogP contribution in [0.4, 0.5) is 25.1 Å². The first-order valence-corrected chi connectivity index (χ1v) is 13.8. The highest BCUT2D eigenvalue weighted by molar-refractivity contribution is 5.36. The number of benzene rings is 1. The van der Waals surface area contributed by atoms with Crippen molar-refractivity contribution in [3.8, 4) is 5.75 Å². The summed E-state index contributed by atoms with van der Waals surface area (Å²) in [5, 5.41) is 6.32. The Labute approximate surface area is 229 Å². The number of nitrogens with zero attached hydrogens (tertiary/aromatic N) is 3. The number of ether oxygens (including phenoxy) is 3. The highest BCUT2D eigenvalue weighted by atomic mass is 19.4. The second kappa shape index (κ2) is 19.4. The summed E-state index contributed by atoms with van der Waals surface area (Å²) >= 11 is 0. The molecule has 220 valence electrons. The van der Waals surface area contributed by atoms with Crippen LogP contribution in [-0.2, 0) is 22.4 Å². The Morgan fingerprint density at radius 2 is 1.38 bits per heavy atom. The Balaban J connectivity index is 1.88. The lowest BCUT2D eigenvalue weighted by Gasteiger charge is -2.12. The van der Waals surface area contributed by atoms with Crippen molar-refractivity contribution >= 4 is 11.9 Å². The molecule has 9 nitrogen and oxygen atoms in total. The van der Waals surface area contributed by atoms with Crippen molar-refractivity contribution in [1.82, 2.24) is 15.0 Å². The lowest BCUT2D eigenvalue weighted by atomic mass is 10.1. The lowest BCUT2D eigenvalue weighted by Crippen LogP contribution is -2.17. The first kappa shape index (κ1) is 32.5. The number of nitrogens with one attached hydrogen (secondary N) is 2. The monoisotopic (exact) mass is 556 g/mol. The van der Waals surface area contributed by atoms with E-state index in [1.807, 2.05) is 0 Å². The van der Waals surface area contributed by atoms with Crippen LogP contribution < -0.4 is 21.1 Å². The minimum atomic E-state index is -4.72. The average molecular weight is 557 g/mol. The normalized spacial score (nSPS) is 11.5. The summed E-state index contributed by atoms with van der Waals surface area (Å²) in [5.74, 6) is 1.26. The van der Waals surface area contributed by atoms with Crippen LogP contribution in [0.5, 0.6) is 5.75 Å². The molecule has 0 bridgehead atoms. The van der Waals surface area contributed by atoms with E-state index in [0.717, 1.165) is 24.8 Å². The standard InChI is InChI=1S/C27H43F3N6O3/c1-2-3-4-5-6-7-8-9-10-24-34-25(32-16-18-38-20-19-37-17-15-31)36-26(35-24)33-21-22-11-13-23(14-12-22)39-27(28,29)30/h11-14H,2-10,15-21,31H2,1H3,(H2,32,33,34,35,36). The van der Waals surface area contributed by atoms with Gasteiger partial charge >= 0.3 is 6.36 Å². The number of aryl methyl sites for hydroxylation is 1. The third kappa shape index (κ3) is 16.1. The molecule has 0 aliphatic carbocycles. The van der Waals surface area contributed by atoms with E-state index in [0.29, 0.717) is 63.8 Å². The fraction of sp³-hybridized carbons (Fsp3) is 0.667. The van der Waals surface area contributed by atoms with E-state index in [1.165, 1.54) is 50.7 Å². The molecule has 0 aliphatic rings. The van der Waals surface area contributed by atoms with E-state index in [4.69, 9.17) is 15.2 Å². The minimum absolute atomic E-state index is 0.265. The molecule has 39 heavy (non-hydrogen) atoms. The Hall–Kier alpha value is -2.70. The molecular weight excluding hydrogens is 513 g/mol. The van der Waals surface area contributed by atoms with Crippen molar-refractivity contribution in [3.63, 3.8) is 0 Å². The fourth-order valence-corrected chi connectivity index (χ4v) is 3.74. The maximum absolute atomic E-state index is 12.4. The van der Waals surface area contributed by atoms with E-state index in [2.05, 4.69) is 37.2 Å². The maximum atomic E-state index is 12.4. The zero-order valence-electron chi connectivity index (χ0n) is 22.9. The summed E-state index contributed by atoms with van der Waals surface area (Å²) in [6.45, 7) is 5.48. The predicted molar refractivity (Wildman–Crippen MR) is 146 cm³/mol. The molecule has 2 rings (SSSR count). The molecule has 1 heterocycles. The number of hydrogen-bond acceptors (Lipinski definition) is 9. The molecule has 12 heteroatoms. The van der Waals surface area contributed by atoms with Gasteiger partial charge in [0.25, 0.3) is 0 Å². The van der Waals surface area contributed by atoms with Gasteiger partial charge in [0.15, 0.2) is 0 Å². The maximum Gasteiger partial charge on any atom is 0.573 e. The van der Waals surface area contributed by atoms with Gasteiger partial charge in [-0.25, -0.2) is 0 Å². The Morgan fingerprint density at radius 1 is 0.769 bits per heavy atom. The van der Waals surface area contributed by atoms with Gasteiger partial charge in [0.2, 0.25) is 11.9 Å². The minimum Gasteiger partial charge on any atom is -0.406 e. The van der Waals surface area contributed by atoms with Crippen LogP contribution in [0.25, 0.3) is 0 Å². The van der Waals surface area contributed by atoms with Crippen LogP contribution in [0.2, 0.25) is 0 Å². The third-order valence-electron chi connectivity index (χ3n) is 5.71. The molecule has 0 saturated heterocycles. The molecule has 0 saturated carbocycles. The van der Waals surface area contributed by atoms with Gasteiger partial charge < -0.3 is 30.6 Å². The molecule has 2 aromatic rings. The molecule has 4 N–H and O–H groups in total. The van der Waals surface area contributed by atoms with Crippen molar-refractivity contribution in [1.29, 1.82) is 0 Å². The van der Waals surface area contributed by atoms with E-state index < -0.39 is 6.36 Å². The molecule has 0 aliphatic heterocycles. The van der Waals surface area contributed by atoms with Crippen molar-refractivity contribution in [2.75, 3.05) is 50.2 Å². The zero-order valence-corrected chi connectivity index (χ0v) is 22.9. The molecule has 0 atom stereocenters. The Bertz CT molecular complexity index is 865. The Kier molecular flexibility index (Phi) is 16.2. The SMILES string of the molecule is CCCCCCCCCCc1nc(NCCOCCOCCN)nc(NCc2ccc(OC(F)(F)F)cc2)n1. The van der Waals surface area contributed by atoms with E-state index >= 15 is 0 Å². The highest BCUT2D eigenvalue weighted by Gasteiger charge is 2.30. The summed E-state index contributed by atoms with van der Waals surface area (Å²) in [7, 11) is 0. The largest absolute Gasteiger partial charge is 0.573 e. The summed E-state index contributed by atoms with van der Waals surface area (Å²) in [6, 6.07) is 5.67. The summed E-state index contributed by atoms with van der Waals surface area (Å²) in [6.07, 6.45) is 5.71. The van der Waals surface area contributed by atoms with Gasteiger partial charge in [-0.05, 0) is 24.1 Å². The van der Waals surface area contributed by atoms with Gasteiger partial charge in [0.05, 0.1) is 26.4 Å². The van der Waals surface area contributed by atoms with Crippen LogP contribution in [0.3, 0.4) is 0 Å². The second-order valence-electron chi connectivity index (χ2n) is 9.11. The van der Waals surface area contributed by atoms with Crippen molar-refractivity contribution in [2.24, 2.45) is 5.73 Å². The summed E-state index contributed by atoms with van der Waals surface area (Å²) in [5.41, 5.74) is 6.14. The zero-order chi connectivity index (χ0) is 28.2. The smallest absolute Gasteiger partial charge is 0.406 e. The van der Waals surface area contributed by atoms with Crippen LogP contribution in [0, 0.1) is 0 Å². The van der Waals surface area contributed by atoms with E-state index in [9.17, 15) is 13.2 Å². The van der Waals surface area contributed by atoms with Gasteiger partial charge in [0, 0.05) is 26.1 Å². The van der Waals surface area contributed by atoms with Crippen molar-refractivity contribution in [3.05, 3.63) is 35.7 Å². The molecule has 0 amide bonds. The molecule has 0 spiro atoms. The molecule has 0 radical (unpaired) electrons.